The Kier molecular flexibility index (Phi) is 4.83. The molecule has 0 aromatic carbocycles. The molecule has 0 unspecified atom stereocenters. The Hall–Kier alpha value is -1.06. The number of carbonyl (C=O) groups is 2. The summed E-state index contributed by atoms with van der Waals surface area (Å²) in [5.74, 6) is 2.55. The van der Waals surface area contributed by atoms with Crippen LogP contribution in [0.2, 0.25) is 0 Å². The molecular weight excluding hydrogens is 340 g/mol. The number of hydrogen-bond acceptors (Lipinski definition) is 3. The van der Waals surface area contributed by atoms with Gasteiger partial charge in [0.2, 0.25) is 0 Å². The number of aliphatic carboxylic acids is 1. The molecule has 0 heterocycles. The summed E-state index contributed by atoms with van der Waals surface area (Å²) >= 11 is 0. The Morgan fingerprint density at radius 3 is 2.37 bits per heavy atom. The number of carboxylic acid groups (broad SMARTS) is 1. The van der Waals surface area contributed by atoms with Gasteiger partial charge in [0.25, 0.3) is 0 Å². The second-order valence-electron chi connectivity index (χ2n) is 10.6. The van der Waals surface area contributed by atoms with Crippen molar-refractivity contribution in [3.05, 3.63) is 0 Å². The molecule has 4 heteroatoms. The minimum absolute atomic E-state index is 0.109. The van der Waals surface area contributed by atoms with Crippen LogP contribution < -0.4 is 0 Å². The Labute approximate surface area is 163 Å². The van der Waals surface area contributed by atoms with E-state index in [1.807, 2.05) is 0 Å². The first-order valence-electron chi connectivity index (χ1n) is 11.1. The number of esters is 1. The summed E-state index contributed by atoms with van der Waals surface area (Å²) in [6.07, 6.45) is 11.1. The zero-order chi connectivity index (χ0) is 19.4. The minimum Gasteiger partial charge on any atom is -0.481 e. The summed E-state index contributed by atoms with van der Waals surface area (Å²) in [6.45, 7) is 6.45. The van der Waals surface area contributed by atoms with Gasteiger partial charge in [0.05, 0.1) is 0 Å². The van der Waals surface area contributed by atoms with Gasteiger partial charge in [0.1, 0.15) is 6.10 Å². The average Bonchev–Trinajstić information content (AvgIpc) is 2.91. The van der Waals surface area contributed by atoms with Crippen LogP contribution in [-0.2, 0) is 14.3 Å². The molecule has 0 aromatic rings. The van der Waals surface area contributed by atoms with E-state index in [2.05, 4.69) is 13.8 Å². The first-order chi connectivity index (χ1) is 12.7. The molecule has 8 atom stereocenters. The number of fused-ring (bicyclic) bond motifs is 5. The lowest BCUT2D eigenvalue weighted by Gasteiger charge is -2.61. The van der Waals surface area contributed by atoms with Crippen LogP contribution in [0.25, 0.3) is 0 Å². The van der Waals surface area contributed by atoms with Crippen LogP contribution in [0.15, 0.2) is 0 Å². The highest BCUT2D eigenvalue weighted by Crippen LogP contribution is 2.67. The Balaban J connectivity index is 1.51. The molecule has 1 N–H and O–H groups in total. The molecule has 0 saturated heterocycles. The first kappa shape index (κ1) is 19.3. The van der Waals surface area contributed by atoms with Crippen molar-refractivity contribution in [1.82, 2.24) is 0 Å². The van der Waals surface area contributed by atoms with Crippen molar-refractivity contribution in [1.29, 1.82) is 0 Å². The van der Waals surface area contributed by atoms with Crippen molar-refractivity contribution in [3.8, 4) is 0 Å². The summed E-state index contributed by atoms with van der Waals surface area (Å²) in [5.41, 5.74) is 0.551. The van der Waals surface area contributed by atoms with E-state index in [1.54, 1.807) is 6.92 Å². The predicted octanol–water partition coefficient (Wildman–Crippen LogP) is 5.05. The van der Waals surface area contributed by atoms with Gasteiger partial charge >= 0.3 is 11.9 Å². The third-order valence-corrected chi connectivity index (χ3v) is 9.46. The zero-order valence-electron chi connectivity index (χ0n) is 17.2. The number of carboxylic acids is 1. The molecule has 4 fully saturated rings. The van der Waals surface area contributed by atoms with Crippen LogP contribution in [0.4, 0.5) is 0 Å². The fourth-order valence-electron chi connectivity index (χ4n) is 8.13. The topological polar surface area (TPSA) is 63.6 Å². The molecule has 152 valence electrons. The lowest BCUT2D eigenvalue weighted by molar-refractivity contribution is -0.162. The fourth-order valence-corrected chi connectivity index (χ4v) is 8.13. The summed E-state index contributed by atoms with van der Waals surface area (Å²) in [5, 5.41) is 9.20. The van der Waals surface area contributed by atoms with E-state index < -0.39 is 5.97 Å². The second-order valence-corrected chi connectivity index (χ2v) is 10.6. The van der Waals surface area contributed by atoms with Crippen molar-refractivity contribution >= 4 is 11.9 Å². The van der Waals surface area contributed by atoms with Gasteiger partial charge in [-0.3, -0.25) is 9.59 Å². The third-order valence-electron chi connectivity index (χ3n) is 9.46. The maximum atomic E-state index is 11.6. The lowest BCUT2D eigenvalue weighted by Crippen LogP contribution is -2.54. The molecule has 0 aromatic heterocycles. The van der Waals surface area contributed by atoms with Gasteiger partial charge < -0.3 is 9.84 Å². The minimum atomic E-state index is -0.631. The van der Waals surface area contributed by atoms with Crippen LogP contribution in [0.5, 0.6) is 0 Å². The quantitative estimate of drug-likeness (QED) is 0.700. The normalized spacial score (nSPS) is 48.9. The van der Waals surface area contributed by atoms with Crippen LogP contribution >= 0.6 is 0 Å². The van der Waals surface area contributed by atoms with Gasteiger partial charge in [-0.15, -0.1) is 0 Å². The maximum Gasteiger partial charge on any atom is 0.303 e. The monoisotopic (exact) mass is 376 g/mol. The highest BCUT2D eigenvalue weighted by molar-refractivity contribution is 5.67. The largest absolute Gasteiger partial charge is 0.481 e. The molecule has 0 amide bonds. The van der Waals surface area contributed by atoms with E-state index >= 15 is 0 Å². The Bertz CT molecular complexity index is 615. The van der Waals surface area contributed by atoms with Gasteiger partial charge in [-0.25, -0.2) is 0 Å². The van der Waals surface area contributed by atoms with Crippen molar-refractivity contribution in [2.24, 2.45) is 40.4 Å². The van der Waals surface area contributed by atoms with Gasteiger partial charge in [0, 0.05) is 18.8 Å². The first-order valence-corrected chi connectivity index (χ1v) is 11.1. The smallest absolute Gasteiger partial charge is 0.303 e. The summed E-state index contributed by atoms with van der Waals surface area (Å²) in [6, 6.07) is 0. The number of hydrogen-bond donors (Lipinski definition) is 1. The average molecular weight is 377 g/mol. The third kappa shape index (κ3) is 3.11. The van der Waals surface area contributed by atoms with E-state index in [0.717, 1.165) is 31.1 Å². The lowest BCUT2D eigenvalue weighted by atomic mass is 9.44. The van der Waals surface area contributed by atoms with Gasteiger partial charge in [-0.2, -0.15) is 0 Å². The molecule has 4 rings (SSSR count). The van der Waals surface area contributed by atoms with E-state index in [1.165, 1.54) is 38.5 Å². The van der Waals surface area contributed by atoms with Crippen LogP contribution in [-0.4, -0.2) is 23.1 Å². The molecule has 4 saturated carbocycles. The summed E-state index contributed by atoms with van der Waals surface area (Å²) in [7, 11) is 0. The molecule has 0 spiro atoms. The van der Waals surface area contributed by atoms with Crippen LogP contribution in [0.1, 0.15) is 85.0 Å². The fraction of sp³-hybridized carbons (Fsp3) is 0.913. The van der Waals surface area contributed by atoms with E-state index in [9.17, 15) is 14.7 Å². The van der Waals surface area contributed by atoms with Crippen molar-refractivity contribution in [2.45, 2.75) is 91.1 Å². The number of ether oxygens (including phenoxy) is 1. The molecule has 0 aliphatic heterocycles. The maximum absolute atomic E-state index is 11.6. The number of carbonyl (C=O) groups excluding carboxylic acids is 1. The molecular formula is C23H36O4. The molecule has 4 nitrogen and oxygen atoms in total. The highest BCUT2D eigenvalue weighted by Gasteiger charge is 2.61. The van der Waals surface area contributed by atoms with Crippen molar-refractivity contribution in [3.63, 3.8) is 0 Å². The standard InChI is InChI=1S/C23H36O4/c1-14(24)27-20-7-6-18-17-5-4-16-12-15(13-21(25)26)8-10-22(16,2)19(17)9-11-23(18,20)3/h15-20H,4-13H2,1-3H3,(H,25,26)/t15-,16+,17+,18+,19+,20+,22+,23+/m1/s1. The zero-order valence-corrected chi connectivity index (χ0v) is 17.2. The van der Waals surface area contributed by atoms with Crippen molar-refractivity contribution < 1.29 is 19.4 Å². The Morgan fingerprint density at radius 2 is 1.67 bits per heavy atom. The predicted molar refractivity (Wildman–Crippen MR) is 103 cm³/mol. The molecule has 4 aliphatic carbocycles. The molecule has 4 aliphatic rings. The summed E-state index contributed by atoms with van der Waals surface area (Å²) in [4.78, 5) is 22.7. The second kappa shape index (κ2) is 6.77. The van der Waals surface area contributed by atoms with Gasteiger partial charge in [-0.05, 0) is 92.8 Å². The van der Waals surface area contributed by atoms with E-state index in [-0.39, 0.29) is 17.5 Å². The highest BCUT2D eigenvalue weighted by atomic mass is 16.5. The van der Waals surface area contributed by atoms with E-state index in [4.69, 9.17) is 4.74 Å². The van der Waals surface area contributed by atoms with Crippen LogP contribution in [0, 0.1) is 40.4 Å². The summed E-state index contributed by atoms with van der Waals surface area (Å²) < 4.78 is 5.75. The van der Waals surface area contributed by atoms with Gasteiger partial charge in [-0.1, -0.05) is 13.8 Å². The molecule has 0 bridgehead atoms. The van der Waals surface area contributed by atoms with E-state index in [0.29, 0.717) is 29.6 Å². The molecule has 27 heavy (non-hydrogen) atoms. The van der Waals surface area contributed by atoms with Crippen molar-refractivity contribution in [2.75, 3.05) is 0 Å². The Morgan fingerprint density at radius 1 is 0.963 bits per heavy atom. The van der Waals surface area contributed by atoms with Gasteiger partial charge in [0.15, 0.2) is 0 Å². The molecule has 0 radical (unpaired) electrons. The van der Waals surface area contributed by atoms with Crippen LogP contribution in [0.3, 0.4) is 0 Å². The number of rotatable bonds is 3. The SMILES string of the molecule is CC(=O)O[C@H]1CC[C@H]2[C@@H]3CC[C@H]4C[C@H](CC(=O)O)CC[C@]4(C)[C@H]3CC[C@]12C.